The van der Waals surface area contributed by atoms with Crippen LogP contribution in [0.15, 0.2) is 48.5 Å². The predicted octanol–water partition coefficient (Wildman–Crippen LogP) is 2.77. The quantitative estimate of drug-likeness (QED) is 0.744. The Morgan fingerprint density at radius 3 is 2.56 bits per heavy atom. The maximum Gasteiger partial charge on any atom is 0.137 e. The summed E-state index contributed by atoms with van der Waals surface area (Å²) in [6.07, 6.45) is 0. The highest BCUT2D eigenvalue weighted by Gasteiger charge is 2.13. The van der Waals surface area contributed by atoms with E-state index in [0.29, 0.717) is 6.54 Å². The largest absolute Gasteiger partial charge is 0.325 e. The molecule has 0 spiro atoms. The van der Waals surface area contributed by atoms with Gasteiger partial charge in [-0.1, -0.05) is 36.4 Å². The molecule has 3 nitrogen and oxygen atoms in total. The van der Waals surface area contributed by atoms with Crippen LogP contribution >= 0.6 is 0 Å². The number of benzene rings is 1. The summed E-state index contributed by atoms with van der Waals surface area (Å²) >= 11 is 0. The van der Waals surface area contributed by atoms with Gasteiger partial charge in [0.2, 0.25) is 0 Å². The van der Waals surface area contributed by atoms with Crippen molar-refractivity contribution in [2.24, 2.45) is 5.73 Å². The van der Waals surface area contributed by atoms with Crippen LogP contribution in [-0.4, -0.2) is 9.38 Å². The van der Waals surface area contributed by atoms with Gasteiger partial charge in [0.15, 0.2) is 0 Å². The van der Waals surface area contributed by atoms with E-state index in [1.165, 1.54) is 0 Å². The SMILES string of the molecule is Cc1cccc2nc(-c3ccccc3)c(CN)n12. The summed E-state index contributed by atoms with van der Waals surface area (Å²) < 4.78 is 2.13. The third kappa shape index (κ3) is 1.60. The van der Waals surface area contributed by atoms with E-state index >= 15 is 0 Å². The van der Waals surface area contributed by atoms with Crippen LogP contribution in [0.2, 0.25) is 0 Å². The molecule has 0 aliphatic rings. The molecule has 2 heterocycles. The number of pyridine rings is 1. The van der Waals surface area contributed by atoms with E-state index in [2.05, 4.69) is 29.5 Å². The maximum absolute atomic E-state index is 5.91. The van der Waals surface area contributed by atoms with Crippen LogP contribution in [0.3, 0.4) is 0 Å². The summed E-state index contributed by atoms with van der Waals surface area (Å²) in [6.45, 7) is 2.55. The number of nitrogens with zero attached hydrogens (tertiary/aromatic N) is 2. The second kappa shape index (κ2) is 4.27. The van der Waals surface area contributed by atoms with Gasteiger partial charge in [0.05, 0.1) is 11.4 Å². The number of rotatable bonds is 2. The molecular weight excluding hydrogens is 222 g/mol. The zero-order valence-corrected chi connectivity index (χ0v) is 10.3. The molecule has 3 rings (SSSR count). The molecule has 0 aliphatic heterocycles. The fourth-order valence-corrected chi connectivity index (χ4v) is 2.34. The van der Waals surface area contributed by atoms with E-state index < -0.39 is 0 Å². The average Bonchev–Trinajstić information content (AvgIpc) is 2.79. The van der Waals surface area contributed by atoms with Crippen LogP contribution < -0.4 is 5.73 Å². The summed E-state index contributed by atoms with van der Waals surface area (Å²) in [7, 11) is 0. The Labute approximate surface area is 106 Å². The van der Waals surface area contributed by atoms with Gasteiger partial charge in [-0.25, -0.2) is 4.98 Å². The van der Waals surface area contributed by atoms with Gasteiger partial charge in [-0.2, -0.15) is 0 Å². The normalized spacial score (nSPS) is 11.0. The molecule has 0 atom stereocenters. The number of aromatic nitrogens is 2. The monoisotopic (exact) mass is 237 g/mol. The molecule has 0 amide bonds. The van der Waals surface area contributed by atoms with Crippen molar-refractivity contribution >= 4 is 5.65 Å². The van der Waals surface area contributed by atoms with Crippen LogP contribution in [0.25, 0.3) is 16.9 Å². The number of aryl methyl sites for hydroxylation is 1. The highest BCUT2D eigenvalue weighted by molar-refractivity contribution is 5.66. The van der Waals surface area contributed by atoms with E-state index in [9.17, 15) is 0 Å². The number of fused-ring (bicyclic) bond motifs is 1. The first kappa shape index (κ1) is 11.0. The van der Waals surface area contributed by atoms with E-state index in [1.807, 2.05) is 30.3 Å². The molecule has 1 aromatic carbocycles. The lowest BCUT2D eigenvalue weighted by Gasteiger charge is -2.04. The van der Waals surface area contributed by atoms with E-state index in [4.69, 9.17) is 10.7 Å². The minimum atomic E-state index is 0.482. The second-order valence-corrected chi connectivity index (χ2v) is 4.34. The van der Waals surface area contributed by atoms with Crippen LogP contribution in [0, 0.1) is 6.92 Å². The lowest BCUT2D eigenvalue weighted by molar-refractivity contribution is 0.935. The third-order valence-electron chi connectivity index (χ3n) is 3.17. The minimum absolute atomic E-state index is 0.482. The Morgan fingerprint density at radius 1 is 1.06 bits per heavy atom. The maximum atomic E-state index is 5.91. The molecule has 0 radical (unpaired) electrons. The Balaban J connectivity index is 2.34. The highest BCUT2D eigenvalue weighted by atomic mass is 15.0. The van der Waals surface area contributed by atoms with Crippen molar-refractivity contribution in [3.8, 4) is 11.3 Å². The van der Waals surface area contributed by atoms with Crippen LogP contribution in [-0.2, 0) is 6.54 Å². The molecule has 2 N–H and O–H groups in total. The summed E-state index contributed by atoms with van der Waals surface area (Å²) in [5.41, 5.74) is 11.2. The minimum Gasteiger partial charge on any atom is -0.325 e. The van der Waals surface area contributed by atoms with Crippen molar-refractivity contribution in [2.45, 2.75) is 13.5 Å². The van der Waals surface area contributed by atoms with Crippen molar-refractivity contribution in [3.05, 3.63) is 59.9 Å². The van der Waals surface area contributed by atoms with Crippen molar-refractivity contribution in [2.75, 3.05) is 0 Å². The summed E-state index contributed by atoms with van der Waals surface area (Å²) in [4.78, 5) is 4.70. The van der Waals surface area contributed by atoms with Crippen LogP contribution in [0.1, 0.15) is 11.4 Å². The van der Waals surface area contributed by atoms with Gasteiger partial charge in [0.1, 0.15) is 5.65 Å². The molecule has 18 heavy (non-hydrogen) atoms. The lowest BCUT2D eigenvalue weighted by atomic mass is 10.1. The second-order valence-electron chi connectivity index (χ2n) is 4.34. The molecule has 3 aromatic rings. The molecule has 0 unspecified atom stereocenters. The van der Waals surface area contributed by atoms with Crippen LogP contribution in [0.4, 0.5) is 0 Å². The Bertz CT molecular complexity index is 684. The smallest absolute Gasteiger partial charge is 0.137 e. The lowest BCUT2D eigenvalue weighted by Crippen LogP contribution is -2.04. The molecular formula is C15H15N3. The van der Waals surface area contributed by atoms with Gasteiger partial charge >= 0.3 is 0 Å². The summed E-state index contributed by atoms with van der Waals surface area (Å²) in [6, 6.07) is 16.3. The van der Waals surface area contributed by atoms with E-state index in [1.54, 1.807) is 0 Å². The van der Waals surface area contributed by atoms with Gasteiger partial charge in [-0.05, 0) is 19.1 Å². The van der Waals surface area contributed by atoms with Crippen molar-refractivity contribution in [3.63, 3.8) is 0 Å². The zero-order chi connectivity index (χ0) is 12.5. The molecule has 0 fully saturated rings. The topological polar surface area (TPSA) is 43.3 Å². The van der Waals surface area contributed by atoms with Crippen molar-refractivity contribution in [1.82, 2.24) is 9.38 Å². The number of imidazole rings is 1. The van der Waals surface area contributed by atoms with Crippen molar-refractivity contribution in [1.29, 1.82) is 0 Å². The number of hydrogen-bond acceptors (Lipinski definition) is 2. The molecule has 90 valence electrons. The fraction of sp³-hybridized carbons (Fsp3) is 0.133. The first-order valence-corrected chi connectivity index (χ1v) is 6.03. The van der Waals surface area contributed by atoms with Crippen LogP contribution in [0.5, 0.6) is 0 Å². The van der Waals surface area contributed by atoms with Gasteiger partial charge in [0, 0.05) is 17.8 Å². The highest BCUT2D eigenvalue weighted by Crippen LogP contribution is 2.24. The molecule has 0 bridgehead atoms. The van der Waals surface area contributed by atoms with Crippen molar-refractivity contribution < 1.29 is 0 Å². The molecule has 0 aliphatic carbocycles. The predicted molar refractivity (Wildman–Crippen MR) is 73.3 cm³/mol. The molecule has 3 heteroatoms. The summed E-state index contributed by atoms with van der Waals surface area (Å²) in [5.74, 6) is 0. The first-order chi connectivity index (χ1) is 8.81. The zero-order valence-electron chi connectivity index (χ0n) is 10.3. The Morgan fingerprint density at radius 2 is 1.83 bits per heavy atom. The molecule has 0 saturated heterocycles. The Kier molecular flexibility index (Phi) is 2.61. The van der Waals surface area contributed by atoms with Gasteiger partial charge < -0.3 is 5.73 Å². The standard InChI is InChI=1S/C15H15N3/c1-11-6-5-9-14-17-15(13(10-16)18(11)14)12-7-3-2-4-8-12/h2-9H,10,16H2,1H3. The summed E-state index contributed by atoms with van der Waals surface area (Å²) in [5, 5.41) is 0. The van der Waals surface area contributed by atoms with Gasteiger partial charge in [-0.15, -0.1) is 0 Å². The first-order valence-electron chi connectivity index (χ1n) is 6.03. The van der Waals surface area contributed by atoms with Gasteiger partial charge in [0.25, 0.3) is 0 Å². The third-order valence-corrected chi connectivity index (χ3v) is 3.17. The van der Waals surface area contributed by atoms with Gasteiger partial charge in [-0.3, -0.25) is 4.40 Å². The average molecular weight is 237 g/mol. The number of nitrogens with two attached hydrogens (primary N) is 1. The number of hydrogen-bond donors (Lipinski definition) is 1. The fourth-order valence-electron chi connectivity index (χ4n) is 2.34. The molecule has 2 aromatic heterocycles. The van der Waals surface area contributed by atoms with E-state index in [-0.39, 0.29) is 0 Å². The molecule has 0 saturated carbocycles. The Hall–Kier alpha value is -2.13. The van der Waals surface area contributed by atoms with E-state index in [0.717, 1.165) is 28.3 Å².